The molecular formula is C18H16ClF3N2O4S. The average molecular weight is 449 g/mol. The van der Waals surface area contributed by atoms with Crippen molar-refractivity contribution in [3.8, 4) is 5.75 Å². The van der Waals surface area contributed by atoms with E-state index in [2.05, 4.69) is 0 Å². The van der Waals surface area contributed by atoms with E-state index in [9.17, 15) is 31.5 Å². The third-order valence-corrected chi connectivity index (χ3v) is 6.68. The highest BCUT2D eigenvalue weighted by molar-refractivity contribution is 7.89. The van der Waals surface area contributed by atoms with Gasteiger partial charge in [0.1, 0.15) is 5.75 Å². The van der Waals surface area contributed by atoms with Gasteiger partial charge in [-0.3, -0.25) is 4.79 Å². The highest BCUT2D eigenvalue weighted by Crippen LogP contribution is 2.30. The van der Waals surface area contributed by atoms with E-state index in [4.69, 9.17) is 11.6 Å². The minimum absolute atomic E-state index is 0.0107. The van der Waals surface area contributed by atoms with E-state index in [-0.39, 0.29) is 47.4 Å². The van der Waals surface area contributed by atoms with E-state index < -0.39 is 27.7 Å². The Bertz CT molecular complexity index is 1020. The van der Waals surface area contributed by atoms with Crippen LogP contribution in [0.5, 0.6) is 5.75 Å². The highest BCUT2D eigenvalue weighted by atomic mass is 35.5. The molecule has 0 aliphatic carbocycles. The van der Waals surface area contributed by atoms with E-state index in [1.807, 2.05) is 0 Å². The lowest BCUT2D eigenvalue weighted by atomic mass is 10.1. The first-order valence-corrected chi connectivity index (χ1v) is 10.3. The summed E-state index contributed by atoms with van der Waals surface area (Å²) in [6.45, 7) is 0.0577. The Morgan fingerprint density at radius 2 is 1.59 bits per heavy atom. The molecule has 0 radical (unpaired) electrons. The average Bonchev–Trinajstić information content (AvgIpc) is 2.69. The molecule has 2 aromatic carbocycles. The predicted molar refractivity (Wildman–Crippen MR) is 99.2 cm³/mol. The van der Waals surface area contributed by atoms with Crippen molar-refractivity contribution in [3.05, 3.63) is 58.6 Å². The number of phenols is 1. The van der Waals surface area contributed by atoms with E-state index >= 15 is 0 Å². The summed E-state index contributed by atoms with van der Waals surface area (Å²) in [6, 6.07) is 7.32. The van der Waals surface area contributed by atoms with Crippen LogP contribution in [-0.4, -0.2) is 54.8 Å². The van der Waals surface area contributed by atoms with Crippen LogP contribution in [0.2, 0.25) is 5.02 Å². The summed E-state index contributed by atoms with van der Waals surface area (Å²) in [5.41, 5.74) is -0.926. The fourth-order valence-electron chi connectivity index (χ4n) is 2.95. The quantitative estimate of drug-likeness (QED) is 0.782. The summed E-state index contributed by atoms with van der Waals surface area (Å²) in [4.78, 5) is 13.7. The van der Waals surface area contributed by atoms with Crippen molar-refractivity contribution in [2.75, 3.05) is 26.2 Å². The number of amides is 1. The van der Waals surface area contributed by atoms with Gasteiger partial charge in [0.15, 0.2) is 0 Å². The molecule has 0 spiro atoms. The van der Waals surface area contributed by atoms with Crippen molar-refractivity contribution >= 4 is 27.5 Å². The van der Waals surface area contributed by atoms with E-state index in [1.165, 1.54) is 23.1 Å². The molecule has 3 rings (SSSR count). The van der Waals surface area contributed by atoms with Gasteiger partial charge >= 0.3 is 6.18 Å². The molecule has 0 bridgehead atoms. The molecule has 1 saturated heterocycles. The first-order valence-electron chi connectivity index (χ1n) is 8.45. The SMILES string of the molecule is O=C(c1cc(Cl)ccc1O)N1CCN(S(=O)(=O)c2ccc(C(F)(F)F)cc2)CC1. The van der Waals surface area contributed by atoms with Crippen LogP contribution in [0.25, 0.3) is 0 Å². The van der Waals surface area contributed by atoms with Crippen molar-refractivity contribution in [2.24, 2.45) is 0 Å². The zero-order valence-electron chi connectivity index (χ0n) is 14.9. The maximum atomic E-state index is 12.7. The molecule has 156 valence electrons. The number of hydrogen-bond donors (Lipinski definition) is 1. The molecule has 6 nitrogen and oxygen atoms in total. The largest absolute Gasteiger partial charge is 0.507 e. The highest BCUT2D eigenvalue weighted by Gasteiger charge is 2.33. The van der Waals surface area contributed by atoms with Gasteiger partial charge in [0.25, 0.3) is 5.91 Å². The normalized spacial score (nSPS) is 16.1. The Labute approximate surface area is 170 Å². The minimum atomic E-state index is -4.56. The van der Waals surface area contributed by atoms with Gasteiger partial charge in [0, 0.05) is 31.2 Å². The molecule has 0 saturated carbocycles. The van der Waals surface area contributed by atoms with Crippen LogP contribution in [0, 0.1) is 0 Å². The number of hydrogen-bond acceptors (Lipinski definition) is 4. The molecule has 1 aliphatic rings. The van der Waals surface area contributed by atoms with Crippen molar-refractivity contribution in [1.29, 1.82) is 0 Å². The third-order valence-electron chi connectivity index (χ3n) is 4.53. The lowest BCUT2D eigenvalue weighted by Gasteiger charge is -2.34. The third kappa shape index (κ3) is 4.49. The number of phenolic OH excluding ortho intramolecular Hbond substituents is 1. The monoisotopic (exact) mass is 448 g/mol. The van der Waals surface area contributed by atoms with Crippen LogP contribution in [0.3, 0.4) is 0 Å². The van der Waals surface area contributed by atoms with Crippen LogP contribution >= 0.6 is 11.6 Å². The summed E-state index contributed by atoms with van der Waals surface area (Å²) >= 11 is 5.85. The predicted octanol–water partition coefficient (Wildman–Crippen LogP) is 3.21. The molecule has 0 aromatic heterocycles. The van der Waals surface area contributed by atoms with Crippen LogP contribution in [0.15, 0.2) is 47.4 Å². The molecule has 0 atom stereocenters. The van der Waals surface area contributed by atoms with E-state index in [1.54, 1.807) is 0 Å². The molecule has 29 heavy (non-hydrogen) atoms. The van der Waals surface area contributed by atoms with Crippen LogP contribution < -0.4 is 0 Å². The fourth-order valence-corrected chi connectivity index (χ4v) is 4.54. The van der Waals surface area contributed by atoms with E-state index in [0.29, 0.717) is 12.1 Å². The number of benzene rings is 2. The van der Waals surface area contributed by atoms with Crippen LogP contribution in [-0.2, 0) is 16.2 Å². The molecule has 1 heterocycles. The van der Waals surface area contributed by atoms with Crippen LogP contribution in [0.4, 0.5) is 13.2 Å². The van der Waals surface area contributed by atoms with Crippen molar-refractivity contribution < 1.29 is 31.5 Å². The lowest BCUT2D eigenvalue weighted by Crippen LogP contribution is -2.50. The van der Waals surface area contributed by atoms with Gasteiger partial charge in [-0.05, 0) is 42.5 Å². The van der Waals surface area contributed by atoms with Gasteiger partial charge < -0.3 is 10.0 Å². The second-order valence-electron chi connectivity index (χ2n) is 6.38. The van der Waals surface area contributed by atoms with Gasteiger partial charge in [-0.2, -0.15) is 17.5 Å². The van der Waals surface area contributed by atoms with Gasteiger partial charge in [0.05, 0.1) is 16.0 Å². The smallest absolute Gasteiger partial charge is 0.416 e. The molecule has 1 amide bonds. The Balaban J connectivity index is 1.71. The minimum Gasteiger partial charge on any atom is -0.507 e. The number of aromatic hydroxyl groups is 1. The number of carbonyl (C=O) groups is 1. The Morgan fingerprint density at radius 1 is 1.00 bits per heavy atom. The maximum absolute atomic E-state index is 12.7. The second kappa shape index (κ2) is 7.85. The first-order chi connectivity index (χ1) is 13.5. The van der Waals surface area contributed by atoms with E-state index in [0.717, 1.165) is 16.4 Å². The summed E-state index contributed by atoms with van der Waals surface area (Å²) in [5.74, 6) is -0.726. The number of sulfonamides is 1. The van der Waals surface area contributed by atoms with Gasteiger partial charge in [-0.1, -0.05) is 11.6 Å². The number of nitrogens with zero attached hydrogens (tertiary/aromatic N) is 2. The van der Waals surface area contributed by atoms with Crippen LogP contribution in [0.1, 0.15) is 15.9 Å². The molecule has 0 unspecified atom stereocenters. The van der Waals surface area contributed by atoms with Gasteiger partial charge in [0.2, 0.25) is 10.0 Å². The zero-order valence-corrected chi connectivity index (χ0v) is 16.4. The molecule has 2 aromatic rings. The number of halogens is 4. The molecular weight excluding hydrogens is 433 g/mol. The Morgan fingerprint density at radius 3 is 2.14 bits per heavy atom. The van der Waals surface area contributed by atoms with Gasteiger partial charge in [-0.15, -0.1) is 0 Å². The Kier molecular flexibility index (Phi) is 5.79. The topological polar surface area (TPSA) is 77.9 Å². The maximum Gasteiger partial charge on any atom is 0.416 e. The molecule has 1 fully saturated rings. The van der Waals surface area contributed by atoms with Crippen molar-refractivity contribution in [2.45, 2.75) is 11.1 Å². The zero-order chi connectivity index (χ0) is 21.4. The summed E-state index contributed by atoms with van der Waals surface area (Å²) in [6.07, 6.45) is -4.56. The molecule has 1 aliphatic heterocycles. The van der Waals surface area contributed by atoms with Crippen molar-refractivity contribution in [3.63, 3.8) is 0 Å². The number of rotatable bonds is 3. The summed E-state index contributed by atoms with van der Waals surface area (Å²) in [5, 5.41) is 10.1. The molecule has 1 N–H and O–H groups in total. The fraction of sp³-hybridized carbons (Fsp3) is 0.278. The van der Waals surface area contributed by atoms with Crippen molar-refractivity contribution in [1.82, 2.24) is 9.21 Å². The Hall–Kier alpha value is -2.30. The number of alkyl halides is 3. The number of piperazine rings is 1. The van der Waals surface area contributed by atoms with Gasteiger partial charge in [-0.25, -0.2) is 8.42 Å². The number of carbonyl (C=O) groups excluding carboxylic acids is 1. The molecule has 11 heteroatoms. The second-order valence-corrected chi connectivity index (χ2v) is 8.75. The summed E-state index contributed by atoms with van der Waals surface area (Å²) in [7, 11) is -4.00. The lowest BCUT2D eigenvalue weighted by molar-refractivity contribution is -0.137. The first kappa shape index (κ1) is 21.4. The standard InChI is InChI=1S/C18H16ClF3N2O4S/c19-13-3-6-16(25)15(11-13)17(26)23-7-9-24(10-8-23)29(27,28)14-4-1-12(2-5-14)18(20,21)22/h1-6,11,25H,7-10H2. The summed E-state index contributed by atoms with van der Waals surface area (Å²) < 4.78 is 64.4.